The first-order chi connectivity index (χ1) is 12.1. The van der Waals surface area contributed by atoms with Gasteiger partial charge in [0.25, 0.3) is 0 Å². The Bertz CT molecular complexity index is 902. The van der Waals surface area contributed by atoms with Crippen LogP contribution in [-0.4, -0.2) is 14.8 Å². The number of hydrogen-bond donors (Lipinski definition) is 0. The third kappa shape index (κ3) is 3.97. The molecular weight excluding hydrogens is 350 g/mol. The number of aryl methyl sites for hydroxylation is 2. The van der Waals surface area contributed by atoms with Gasteiger partial charge in [-0.3, -0.25) is 4.57 Å². The average Bonchev–Trinajstić information content (AvgIpc) is 2.99. The van der Waals surface area contributed by atoms with Crippen molar-refractivity contribution in [2.24, 2.45) is 0 Å². The second-order valence-corrected chi connectivity index (χ2v) is 7.25. The van der Waals surface area contributed by atoms with E-state index < -0.39 is 0 Å². The van der Waals surface area contributed by atoms with Gasteiger partial charge in [-0.05, 0) is 37.1 Å². The summed E-state index contributed by atoms with van der Waals surface area (Å²) in [6.07, 6.45) is 1.85. The number of thioether (sulfide) groups is 1. The average molecular weight is 370 g/mol. The lowest BCUT2D eigenvalue weighted by molar-refractivity contribution is 0.731. The summed E-state index contributed by atoms with van der Waals surface area (Å²) in [6, 6.07) is 14.2. The number of nitrogens with zero attached hydrogens (tertiary/aromatic N) is 3. The minimum atomic E-state index is 0.642. The van der Waals surface area contributed by atoms with E-state index in [-0.39, 0.29) is 0 Å². The molecule has 2 aromatic carbocycles. The van der Waals surface area contributed by atoms with Crippen molar-refractivity contribution in [1.29, 1.82) is 0 Å². The van der Waals surface area contributed by atoms with Gasteiger partial charge in [0.05, 0.1) is 5.02 Å². The molecule has 0 amide bonds. The van der Waals surface area contributed by atoms with Gasteiger partial charge in [0.1, 0.15) is 0 Å². The predicted molar refractivity (Wildman–Crippen MR) is 106 cm³/mol. The van der Waals surface area contributed by atoms with Gasteiger partial charge in [-0.15, -0.1) is 16.8 Å². The number of allylic oxidation sites excluding steroid dienone is 1. The molecule has 0 atom stereocenters. The highest BCUT2D eigenvalue weighted by Crippen LogP contribution is 2.31. The van der Waals surface area contributed by atoms with Gasteiger partial charge in [0, 0.05) is 17.9 Å². The van der Waals surface area contributed by atoms with Crippen molar-refractivity contribution in [3.8, 4) is 11.4 Å². The molecule has 0 aliphatic rings. The smallest absolute Gasteiger partial charge is 0.192 e. The molecule has 128 valence electrons. The third-order valence-electron chi connectivity index (χ3n) is 4.00. The molecule has 0 spiro atoms. The van der Waals surface area contributed by atoms with Crippen LogP contribution in [-0.2, 0) is 12.3 Å². The van der Waals surface area contributed by atoms with Crippen molar-refractivity contribution < 1.29 is 0 Å². The number of benzene rings is 2. The quantitative estimate of drug-likeness (QED) is 0.413. The summed E-state index contributed by atoms with van der Waals surface area (Å²) in [5.74, 6) is 1.62. The molecule has 0 saturated carbocycles. The fourth-order valence-electron chi connectivity index (χ4n) is 2.63. The van der Waals surface area contributed by atoms with Crippen molar-refractivity contribution >= 4 is 23.4 Å². The predicted octanol–water partition coefficient (Wildman–Crippen LogP) is 5.69. The van der Waals surface area contributed by atoms with Crippen LogP contribution in [0.25, 0.3) is 11.4 Å². The molecule has 0 bridgehead atoms. The summed E-state index contributed by atoms with van der Waals surface area (Å²) in [4.78, 5) is 0. The van der Waals surface area contributed by atoms with Crippen LogP contribution in [0.3, 0.4) is 0 Å². The summed E-state index contributed by atoms with van der Waals surface area (Å²) in [6.45, 7) is 8.75. The van der Waals surface area contributed by atoms with Gasteiger partial charge in [0.15, 0.2) is 11.0 Å². The van der Waals surface area contributed by atoms with E-state index >= 15 is 0 Å². The summed E-state index contributed by atoms with van der Waals surface area (Å²) in [5.41, 5.74) is 4.76. The SMILES string of the molecule is C=CCn1c(SCc2cc(C)ccc2C)nnc1-c1ccccc1Cl. The van der Waals surface area contributed by atoms with Gasteiger partial charge in [0.2, 0.25) is 0 Å². The Morgan fingerprint density at radius 3 is 2.72 bits per heavy atom. The number of halogens is 1. The lowest BCUT2D eigenvalue weighted by Crippen LogP contribution is -2.01. The van der Waals surface area contributed by atoms with Gasteiger partial charge < -0.3 is 0 Å². The van der Waals surface area contributed by atoms with Crippen LogP contribution in [0.15, 0.2) is 60.3 Å². The van der Waals surface area contributed by atoms with E-state index in [1.165, 1.54) is 16.7 Å². The van der Waals surface area contributed by atoms with Gasteiger partial charge in [-0.25, -0.2) is 0 Å². The lowest BCUT2D eigenvalue weighted by Gasteiger charge is -2.10. The first kappa shape index (κ1) is 17.8. The van der Waals surface area contributed by atoms with Crippen LogP contribution in [0.5, 0.6) is 0 Å². The Hall–Kier alpha value is -2.04. The molecule has 0 fully saturated rings. The molecule has 0 radical (unpaired) electrons. The summed E-state index contributed by atoms with van der Waals surface area (Å²) >= 11 is 8.02. The van der Waals surface area contributed by atoms with E-state index in [9.17, 15) is 0 Å². The van der Waals surface area contributed by atoms with E-state index in [0.29, 0.717) is 11.6 Å². The molecule has 1 heterocycles. The van der Waals surface area contributed by atoms with Crippen molar-refractivity contribution in [2.45, 2.75) is 31.3 Å². The summed E-state index contributed by atoms with van der Waals surface area (Å²) in [5, 5.41) is 10.3. The Morgan fingerprint density at radius 2 is 1.96 bits per heavy atom. The lowest BCUT2D eigenvalue weighted by atomic mass is 10.1. The van der Waals surface area contributed by atoms with E-state index in [1.54, 1.807) is 11.8 Å². The maximum Gasteiger partial charge on any atom is 0.192 e. The fourth-order valence-corrected chi connectivity index (χ4v) is 3.86. The topological polar surface area (TPSA) is 30.7 Å². The first-order valence-corrected chi connectivity index (χ1v) is 9.44. The van der Waals surface area contributed by atoms with E-state index in [4.69, 9.17) is 11.6 Å². The molecule has 3 nitrogen and oxygen atoms in total. The van der Waals surface area contributed by atoms with Gasteiger partial charge >= 0.3 is 0 Å². The molecule has 3 rings (SSSR count). The zero-order valence-electron chi connectivity index (χ0n) is 14.4. The van der Waals surface area contributed by atoms with Crippen molar-refractivity contribution in [2.75, 3.05) is 0 Å². The van der Waals surface area contributed by atoms with Crippen molar-refractivity contribution in [3.05, 3.63) is 76.8 Å². The zero-order valence-corrected chi connectivity index (χ0v) is 15.9. The Labute approximate surface area is 157 Å². The fraction of sp³-hybridized carbons (Fsp3) is 0.200. The largest absolute Gasteiger partial charge is 0.298 e. The van der Waals surface area contributed by atoms with Crippen LogP contribution < -0.4 is 0 Å². The molecule has 0 unspecified atom stereocenters. The Kier molecular flexibility index (Phi) is 5.61. The van der Waals surface area contributed by atoms with Crippen LogP contribution in [0, 0.1) is 13.8 Å². The highest BCUT2D eigenvalue weighted by Gasteiger charge is 2.16. The summed E-state index contributed by atoms with van der Waals surface area (Å²) < 4.78 is 2.06. The molecule has 1 aromatic heterocycles. The zero-order chi connectivity index (χ0) is 17.8. The first-order valence-electron chi connectivity index (χ1n) is 8.08. The van der Waals surface area contributed by atoms with E-state index in [2.05, 4.69) is 53.4 Å². The van der Waals surface area contributed by atoms with Gasteiger partial charge in [-0.1, -0.05) is 65.3 Å². The molecule has 25 heavy (non-hydrogen) atoms. The molecule has 0 N–H and O–H groups in total. The molecule has 3 aromatic rings. The van der Waals surface area contributed by atoms with E-state index in [0.717, 1.165) is 22.3 Å². The maximum atomic E-state index is 6.34. The molecule has 5 heteroatoms. The Balaban J connectivity index is 1.91. The van der Waals surface area contributed by atoms with Gasteiger partial charge in [-0.2, -0.15) is 0 Å². The van der Waals surface area contributed by atoms with Crippen LogP contribution >= 0.6 is 23.4 Å². The van der Waals surface area contributed by atoms with Crippen LogP contribution in [0.1, 0.15) is 16.7 Å². The second-order valence-electron chi connectivity index (χ2n) is 5.90. The molecule has 0 aliphatic carbocycles. The standard InChI is InChI=1S/C20H20ClN3S/c1-4-11-24-19(17-7-5-6-8-18(17)21)22-23-20(24)25-13-16-12-14(2)9-10-15(16)3/h4-10,12H,1,11,13H2,2-3H3. The molecule has 0 aliphatic heterocycles. The van der Waals surface area contributed by atoms with Crippen molar-refractivity contribution in [3.63, 3.8) is 0 Å². The number of aromatic nitrogens is 3. The minimum absolute atomic E-state index is 0.642. The monoisotopic (exact) mass is 369 g/mol. The summed E-state index contributed by atoms with van der Waals surface area (Å²) in [7, 11) is 0. The highest BCUT2D eigenvalue weighted by molar-refractivity contribution is 7.98. The van der Waals surface area contributed by atoms with E-state index in [1.807, 2.05) is 30.3 Å². The maximum absolute atomic E-state index is 6.34. The van der Waals surface area contributed by atoms with Crippen molar-refractivity contribution in [1.82, 2.24) is 14.8 Å². The molecular formula is C20H20ClN3S. The Morgan fingerprint density at radius 1 is 1.16 bits per heavy atom. The number of rotatable bonds is 6. The molecule has 0 saturated heterocycles. The number of hydrogen-bond acceptors (Lipinski definition) is 3. The second kappa shape index (κ2) is 7.89. The highest BCUT2D eigenvalue weighted by atomic mass is 35.5. The minimum Gasteiger partial charge on any atom is -0.298 e. The third-order valence-corrected chi connectivity index (χ3v) is 5.35. The normalized spacial score (nSPS) is 10.8. The van der Waals surface area contributed by atoms with Crippen LogP contribution in [0.4, 0.5) is 0 Å². The van der Waals surface area contributed by atoms with Crippen LogP contribution in [0.2, 0.25) is 5.02 Å².